The van der Waals surface area contributed by atoms with E-state index in [-0.39, 0.29) is 0 Å². The normalized spacial score (nSPS) is 8.14. The van der Waals surface area contributed by atoms with Gasteiger partial charge in [-0.05, 0) is 43.5 Å². The van der Waals surface area contributed by atoms with Crippen LogP contribution in [0.4, 0.5) is 0 Å². The lowest BCUT2D eigenvalue weighted by molar-refractivity contribution is 0.662. The van der Waals surface area contributed by atoms with E-state index in [1.165, 1.54) is 37.1 Å². The van der Waals surface area contributed by atoms with E-state index in [4.69, 9.17) is 0 Å². The largest absolute Gasteiger partial charge is 0.317 e. The van der Waals surface area contributed by atoms with E-state index in [1.807, 2.05) is 33.8 Å². The summed E-state index contributed by atoms with van der Waals surface area (Å²) in [5, 5.41) is 3.28. The molecule has 0 aliphatic rings. The summed E-state index contributed by atoms with van der Waals surface area (Å²) < 4.78 is 0. The van der Waals surface area contributed by atoms with Crippen LogP contribution in [0.3, 0.4) is 0 Å². The van der Waals surface area contributed by atoms with Crippen LogP contribution in [0.1, 0.15) is 72.4 Å². The Morgan fingerprint density at radius 2 is 1.48 bits per heavy atom. The summed E-state index contributed by atoms with van der Waals surface area (Å²) in [5.41, 5.74) is 2.58. The Morgan fingerprint density at radius 1 is 0.952 bits per heavy atom. The molecule has 0 radical (unpaired) electrons. The molecule has 0 aliphatic heterocycles. The first-order chi connectivity index (χ1) is 10.3. The zero-order valence-electron chi connectivity index (χ0n) is 15.6. The third kappa shape index (κ3) is 18.9. The molecule has 1 N–H and O–H groups in total. The van der Waals surface area contributed by atoms with E-state index in [0.717, 1.165) is 6.42 Å². The minimum Gasteiger partial charge on any atom is -0.317 e. The first kappa shape index (κ1) is 24.9. The molecular formula is C20H39N. The molecule has 0 atom stereocenters. The van der Waals surface area contributed by atoms with Crippen LogP contribution in [0.15, 0.2) is 30.8 Å². The van der Waals surface area contributed by atoms with Crippen LogP contribution in [-0.4, -0.2) is 13.1 Å². The molecule has 1 nitrogen and oxygen atoms in total. The van der Waals surface area contributed by atoms with Crippen molar-refractivity contribution >= 4 is 6.08 Å². The lowest BCUT2D eigenvalue weighted by Crippen LogP contribution is -2.14. The third-order valence-corrected chi connectivity index (χ3v) is 2.45. The summed E-state index contributed by atoms with van der Waals surface area (Å²) in [6.07, 6.45) is 5.47. The molecule has 1 aromatic carbocycles. The molecule has 0 saturated carbocycles. The van der Waals surface area contributed by atoms with Crippen molar-refractivity contribution in [1.29, 1.82) is 0 Å². The van der Waals surface area contributed by atoms with Crippen molar-refractivity contribution < 1.29 is 0 Å². The van der Waals surface area contributed by atoms with Crippen molar-refractivity contribution in [3.05, 3.63) is 42.0 Å². The smallest absolute Gasteiger partial charge is 0.00516 e. The van der Waals surface area contributed by atoms with Crippen molar-refractivity contribution in [2.45, 2.75) is 67.7 Å². The number of hydrogen-bond acceptors (Lipinski definition) is 1. The van der Waals surface area contributed by atoms with Crippen LogP contribution in [0.2, 0.25) is 0 Å². The van der Waals surface area contributed by atoms with Crippen molar-refractivity contribution in [3.63, 3.8) is 0 Å². The standard InChI is InChI=1S/C10H12.C6H15N.2C2H6/c1-3-9-6-5-7-10(4-2)8-9;1-3-5-7-6-4-2;2*1-2/h3,5-8H,1,4H2,2H3;7H,3-6H2,1-2H3;2*1-2H3. The molecule has 124 valence electrons. The monoisotopic (exact) mass is 293 g/mol. The van der Waals surface area contributed by atoms with E-state index in [2.05, 4.69) is 56.9 Å². The molecule has 0 heterocycles. The molecule has 0 fully saturated rings. The number of hydrogen-bond donors (Lipinski definition) is 1. The van der Waals surface area contributed by atoms with Crippen LogP contribution < -0.4 is 5.32 Å². The van der Waals surface area contributed by atoms with Crippen molar-refractivity contribution in [2.24, 2.45) is 0 Å². The molecular weight excluding hydrogens is 254 g/mol. The predicted molar refractivity (Wildman–Crippen MR) is 102 cm³/mol. The van der Waals surface area contributed by atoms with Gasteiger partial charge in [-0.1, -0.05) is 85.4 Å². The van der Waals surface area contributed by atoms with Crippen molar-refractivity contribution in [1.82, 2.24) is 5.32 Å². The van der Waals surface area contributed by atoms with Crippen LogP contribution in [0.5, 0.6) is 0 Å². The van der Waals surface area contributed by atoms with Crippen LogP contribution >= 0.6 is 0 Å². The fourth-order valence-electron chi connectivity index (χ4n) is 1.42. The maximum Gasteiger partial charge on any atom is -0.00516 e. The highest BCUT2D eigenvalue weighted by atomic mass is 14.8. The van der Waals surface area contributed by atoms with Gasteiger partial charge >= 0.3 is 0 Å². The van der Waals surface area contributed by atoms with Gasteiger partial charge in [0.1, 0.15) is 0 Å². The highest BCUT2D eigenvalue weighted by Gasteiger charge is 1.87. The zero-order valence-corrected chi connectivity index (χ0v) is 15.6. The number of benzene rings is 1. The summed E-state index contributed by atoms with van der Waals surface area (Å²) in [4.78, 5) is 0. The molecule has 21 heavy (non-hydrogen) atoms. The Labute approximate surface area is 134 Å². The molecule has 0 aliphatic carbocycles. The Balaban J connectivity index is -0.000000260. The summed E-state index contributed by atoms with van der Waals surface area (Å²) in [6.45, 7) is 20.6. The van der Waals surface area contributed by atoms with Crippen LogP contribution in [-0.2, 0) is 6.42 Å². The van der Waals surface area contributed by atoms with Gasteiger partial charge in [-0.25, -0.2) is 0 Å². The Kier molecular flexibility index (Phi) is 28.4. The Morgan fingerprint density at radius 3 is 1.86 bits per heavy atom. The van der Waals surface area contributed by atoms with E-state index in [0.29, 0.717) is 0 Å². The van der Waals surface area contributed by atoms with Gasteiger partial charge in [0.25, 0.3) is 0 Å². The van der Waals surface area contributed by atoms with E-state index >= 15 is 0 Å². The topological polar surface area (TPSA) is 12.0 Å². The van der Waals surface area contributed by atoms with Gasteiger partial charge in [0.15, 0.2) is 0 Å². The van der Waals surface area contributed by atoms with Crippen LogP contribution in [0.25, 0.3) is 6.08 Å². The molecule has 0 saturated heterocycles. The average molecular weight is 294 g/mol. The fourth-order valence-corrected chi connectivity index (χ4v) is 1.42. The fraction of sp³-hybridized carbons (Fsp3) is 0.600. The number of nitrogens with one attached hydrogen (secondary N) is 1. The molecule has 0 spiro atoms. The minimum atomic E-state index is 1.10. The highest BCUT2D eigenvalue weighted by Crippen LogP contribution is 2.06. The Bertz CT molecular complexity index is 288. The zero-order chi connectivity index (χ0) is 16.9. The lowest BCUT2D eigenvalue weighted by atomic mass is 10.1. The highest BCUT2D eigenvalue weighted by molar-refractivity contribution is 5.47. The summed E-state index contributed by atoms with van der Waals surface area (Å²) in [6, 6.07) is 8.42. The second-order valence-electron chi connectivity index (χ2n) is 4.05. The van der Waals surface area contributed by atoms with Gasteiger partial charge in [-0.2, -0.15) is 0 Å². The van der Waals surface area contributed by atoms with Crippen molar-refractivity contribution in [2.75, 3.05) is 13.1 Å². The van der Waals surface area contributed by atoms with E-state index in [1.54, 1.807) is 0 Å². The molecule has 1 rings (SSSR count). The van der Waals surface area contributed by atoms with E-state index in [9.17, 15) is 0 Å². The summed E-state index contributed by atoms with van der Waals surface area (Å²) in [5.74, 6) is 0. The lowest BCUT2D eigenvalue weighted by Gasteiger charge is -1.96. The SMILES string of the molecule is C=Cc1cccc(CC)c1.CC.CC.CCCNCCC. The molecule has 1 heteroatoms. The number of aryl methyl sites for hydroxylation is 1. The quantitative estimate of drug-likeness (QED) is 0.603. The molecule has 0 amide bonds. The van der Waals surface area contributed by atoms with Gasteiger partial charge in [-0.3, -0.25) is 0 Å². The van der Waals surface area contributed by atoms with Crippen LogP contribution in [0, 0.1) is 0 Å². The summed E-state index contributed by atoms with van der Waals surface area (Å²) >= 11 is 0. The Hall–Kier alpha value is -1.08. The van der Waals surface area contributed by atoms with Gasteiger partial charge in [0.05, 0.1) is 0 Å². The van der Waals surface area contributed by atoms with E-state index < -0.39 is 0 Å². The maximum absolute atomic E-state index is 3.71. The van der Waals surface area contributed by atoms with Crippen molar-refractivity contribution in [3.8, 4) is 0 Å². The number of rotatable bonds is 6. The summed E-state index contributed by atoms with van der Waals surface area (Å²) in [7, 11) is 0. The molecule has 0 bridgehead atoms. The third-order valence-electron chi connectivity index (χ3n) is 2.45. The average Bonchev–Trinajstić information content (AvgIpc) is 2.59. The first-order valence-corrected chi connectivity index (χ1v) is 8.70. The minimum absolute atomic E-state index is 1.10. The second kappa shape index (κ2) is 24.0. The molecule has 0 unspecified atom stereocenters. The van der Waals surface area contributed by atoms with Gasteiger partial charge in [-0.15, -0.1) is 0 Å². The predicted octanol–water partition coefficient (Wildman–Crippen LogP) is 6.34. The van der Waals surface area contributed by atoms with Gasteiger partial charge < -0.3 is 5.32 Å². The molecule has 0 aromatic heterocycles. The van der Waals surface area contributed by atoms with Gasteiger partial charge in [0.2, 0.25) is 0 Å². The first-order valence-electron chi connectivity index (χ1n) is 8.70. The molecule has 1 aromatic rings. The maximum atomic E-state index is 3.71. The second-order valence-corrected chi connectivity index (χ2v) is 4.05. The van der Waals surface area contributed by atoms with Gasteiger partial charge in [0, 0.05) is 0 Å².